The van der Waals surface area contributed by atoms with Gasteiger partial charge in [-0.2, -0.15) is 0 Å². The van der Waals surface area contributed by atoms with Gasteiger partial charge in [0.2, 0.25) is 5.95 Å². The summed E-state index contributed by atoms with van der Waals surface area (Å²) in [5.74, 6) is -0.148. The molecule has 6 nitrogen and oxygen atoms in total. The standard InChI is InChI=1S/C18H18N4O2/c1-3-6-14-16-15(22-18(19)21-14)10-9-13(20-16)11-7-4-5-8-12(11)17(23)24-2/h4-5,7-10H,3,6H2,1-2H3,(H2,19,21,22). The van der Waals surface area contributed by atoms with Crippen LogP contribution in [0.2, 0.25) is 0 Å². The minimum atomic E-state index is -0.394. The topological polar surface area (TPSA) is 91.0 Å². The van der Waals surface area contributed by atoms with E-state index < -0.39 is 5.97 Å². The largest absolute Gasteiger partial charge is 0.465 e. The molecule has 0 unspecified atom stereocenters. The Kier molecular flexibility index (Phi) is 4.37. The van der Waals surface area contributed by atoms with E-state index in [1.165, 1.54) is 7.11 Å². The van der Waals surface area contributed by atoms with Crippen molar-refractivity contribution >= 4 is 23.0 Å². The Morgan fingerprint density at radius 2 is 1.92 bits per heavy atom. The number of nitrogens with two attached hydrogens (primary N) is 1. The molecule has 6 heteroatoms. The smallest absolute Gasteiger partial charge is 0.338 e. The first kappa shape index (κ1) is 15.9. The highest BCUT2D eigenvalue weighted by Crippen LogP contribution is 2.26. The van der Waals surface area contributed by atoms with Gasteiger partial charge in [-0.3, -0.25) is 0 Å². The van der Waals surface area contributed by atoms with Gasteiger partial charge in [0.15, 0.2) is 0 Å². The molecule has 24 heavy (non-hydrogen) atoms. The second kappa shape index (κ2) is 6.62. The quantitative estimate of drug-likeness (QED) is 0.742. The van der Waals surface area contributed by atoms with E-state index in [0.29, 0.717) is 27.9 Å². The lowest BCUT2D eigenvalue weighted by Gasteiger charge is -2.10. The molecule has 0 aliphatic rings. The van der Waals surface area contributed by atoms with E-state index in [4.69, 9.17) is 15.5 Å². The van der Waals surface area contributed by atoms with E-state index in [2.05, 4.69) is 16.9 Å². The van der Waals surface area contributed by atoms with Crippen molar-refractivity contribution in [2.24, 2.45) is 0 Å². The van der Waals surface area contributed by atoms with Crippen LogP contribution in [0.4, 0.5) is 5.95 Å². The van der Waals surface area contributed by atoms with Crippen molar-refractivity contribution in [2.75, 3.05) is 12.8 Å². The highest BCUT2D eigenvalue weighted by Gasteiger charge is 2.15. The summed E-state index contributed by atoms with van der Waals surface area (Å²) in [6.45, 7) is 2.07. The lowest BCUT2D eigenvalue weighted by atomic mass is 10.0. The molecule has 0 bridgehead atoms. The van der Waals surface area contributed by atoms with Gasteiger partial charge < -0.3 is 10.5 Å². The van der Waals surface area contributed by atoms with Crippen LogP contribution in [0.3, 0.4) is 0 Å². The first-order chi connectivity index (χ1) is 11.6. The Bertz CT molecular complexity index is 909. The van der Waals surface area contributed by atoms with Gasteiger partial charge in [0.25, 0.3) is 0 Å². The molecule has 0 aliphatic heterocycles. The number of esters is 1. The van der Waals surface area contributed by atoms with Crippen LogP contribution in [0.5, 0.6) is 0 Å². The number of aromatic nitrogens is 3. The minimum absolute atomic E-state index is 0.246. The third-order valence-electron chi connectivity index (χ3n) is 3.73. The highest BCUT2D eigenvalue weighted by atomic mass is 16.5. The van der Waals surface area contributed by atoms with E-state index in [1.54, 1.807) is 12.1 Å². The van der Waals surface area contributed by atoms with Gasteiger partial charge in [-0.25, -0.2) is 19.7 Å². The molecule has 3 aromatic rings. The van der Waals surface area contributed by atoms with Crippen LogP contribution in [0.25, 0.3) is 22.3 Å². The molecule has 0 radical (unpaired) electrons. The van der Waals surface area contributed by atoms with Gasteiger partial charge in [0, 0.05) is 5.56 Å². The van der Waals surface area contributed by atoms with E-state index in [0.717, 1.165) is 18.5 Å². The number of ether oxygens (including phenoxy) is 1. The second-order valence-corrected chi connectivity index (χ2v) is 5.38. The lowest BCUT2D eigenvalue weighted by Crippen LogP contribution is -2.05. The van der Waals surface area contributed by atoms with E-state index in [-0.39, 0.29) is 5.95 Å². The molecule has 0 spiro atoms. The normalized spacial score (nSPS) is 10.8. The SMILES string of the molecule is CCCc1nc(N)nc2ccc(-c3ccccc3C(=O)OC)nc12. The lowest BCUT2D eigenvalue weighted by molar-refractivity contribution is 0.0601. The van der Waals surface area contributed by atoms with Crippen molar-refractivity contribution in [3.8, 4) is 11.3 Å². The maximum absolute atomic E-state index is 12.0. The highest BCUT2D eigenvalue weighted by molar-refractivity contribution is 5.97. The molecule has 1 aromatic carbocycles. The van der Waals surface area contributed by atoms with Crippen molar-refractivity contribution in [1.82, 2.24) is 15.0 Å². The molecule has 2 heterocycles. The molecule has 2 N–H and O–H groups in total. The number of anilines is 1. The number of fused-ring (bicyclic) bond motifs is 1. The number of pyridine rings is 1. The molecule has 0 aliphatic carbocycles. The zero-order chi connectivity index (χ0) is 17.1. The Labute approximate surface area is 139 Å². The number of hydrogen-bond donors (Lipinski definition) is 1. The third-order valence-corrected chi connectivity index (χ3v) is 3.73. The van der Waals surface area contributed by atoms with Crippen LogP contribution in [-0.4, -0.2) is 28.0 Å². The third kappa shape index (κ3) is 2.90. The maximum atomic E-state index is 12.0. The van der Waals surface area contributed by atoms with Crippen molar-refractivity contribution in [2.45, 2.75) is 19.8 Å². The molecular formula is C18H18N4O2. The Hall–Kier alpha value is -3.02. The summed E-state index contributed by atoms with van der Waals surface area (Å²) in [5.41, 5.74) is 9.86. The molecule has 2 aromatic heterocycles. The molecule has 0 saturated heterocycles. The molecule has 0 atom stereocenters. The maximum Gasteiger partial charge on any atom is 0.338 e. The summed E-state index contributed by atoms with van der Waals surface area (Å²) in [5, 5.41) is 0. The summed E-state index contributed by atoms with van der Waals surface area (Å²) >= 11 is 0. The fraction of sp³-hybridized carbons (Fsp3) is 0.222. The van der Waals surface area contributed by atoms with E-state index in [9.17, 15) is 4.79 Å². The first-order valence-electron chi connectivity index (χ1n) is 7.75. The van der Waals surface area contributed by atoms with Gasteiger partial charge in [-0.15, -0.1) is 0 Å². The number of carbonyl (C=O) groups excluding carboxylic acids is 1. The predicted octanol–water partition coefficient (Wildman–Crippen LogP) is 3.01. The first-order valence-corrected chi connectivity index (χ1v) is 7.75. The van der Waals surface area contributed by atoms with Crippen LogP contribution >= 0.6 is 0 Å². The molecule has 0 saturated carbocycles. The average Bonchev–Trinajstić information content (AvgIpc) is 2.61. The number of aryl methyl sites for hydroxylation is 1. The van der Waals surface area contributed by atoms with Gasteiger partial charge in [-0.05, 0) is 24.6 Å². The summed E-state index contributed by atoms with van der Waals surface area (Å²) in [6.07, 6.45) is 1.69. The zero-order valence-corrected chi connectivity index (χ0v) is 13.6. The minimum Gasteiger partial charge on any atom is -0.465 e. The molecular weight excluding hydrogens is 304 g/mol. The fourth-order valence-corrected chi connectivity index (χ4v) is 2.65. The number of nitrogens with zero attached hydrogens (tertiary/aromatic N) is 3. The van der Waals surface area contributed by atoms with Crippen LogP contribution < -0.4 is 5.73 Å². The number of benzene rings is 1. The number of carbonyl (C=O) groups is 1. The molecule has 0 amide bonds. The van der Waals surface area contributed by atoms with Crippen molar-refractivity contribution in [3.05, 3.63) is 47.7 Å². The summed E-state index contributed by atoms with van der Waals surface area (Å²) < 4.78 is 4.86. The van der Waals surface area contributed by atoms with Crippen LogP contribution in [0.1, 0.15) is 29.4 Å². The monoisotopic (exact) mass is 322 g/mol. The van der Waals surface area contributed by atoms with E-state index in [1.807, 2.05) is 24.3 Å². The number of rotatable bonds is 4. The zero-order valence-electron chi connectivity index (χ0n) is 13.6. The molecule has 122 valence electrons. The predicted molar refractivity (Wildman–Crippen MR) is 92.5 cm³/mol. The van der Waals surface area contributed by atoms with Crippen LogP contribution in [0.15, 0.2) is 36.4 Å². The molecule has 3 rings (SSSR count). The van der Waals surface area contributed by atoms with Gasteiger partial charge in [0.1, 0.15) is 5.52 Å². The summed E-state index contributed by atoms with van der Waals surface area (Å²) in [4.78, 5) is 25.2. The van der Waals surface area contributed by atoms with Gasteiger partial charge in [0.05, 0.1) is 29.6 Å². The van der Waals surface area contributed by atoms with Gasteiger partial charge in [-0.1, -0.05) is 31.5 Å². The second-order valence-electron chi connectivity index (χ2n) is 5.38. The summed E-state index contributed by atoms with van der Waals surface area (Å²) in [6, 6.07) is 10.9. The van der Waals surface area contributed by atoms with Crippen molar-refractivity contribution in [1.29, 1.82) is 0 Å². The van der Waals surface area contributed by atoms with Crippen LogP contribution in [0, 0.1) is 0 Å². The fourth-order valence-electron chi connectivity index (χ4n) is 2.65. The van der Waals surface area contributed by atoms with Crippen molar-refractivity contribution in [3.63, 3.8) is 0 Å². The van der Waals surface area contributed by atoms with Gasteiger partial charge >= 0.3 is 5.97 Å². The van der Waals surface area contributed by atoms with Crippen LogP contribution in [-0.2, 0) is 11.2 Å². The van der Waals surface area contributed by atoms with Crippen molar-refractivity contribution < 1.29 is 9.53 Å². The Morgan fingerprint density at radius 1 is 1.12 bits per heavy atom. The Morgan fingerprint density at radius 3 is 2.67 bits per heavy atom. The average molecular weight is 322 g/mol. The van der Waals surface area contributed by atoms with E-state index >= 15 is 0 Å². The number of nitrogen functional groups attached to an aromatic ring is 1. The summed E-state index contributed by atoms with van der Waals surface area (Å²) in [7, 11) is 1.36. The molecule has 0 fully saturated rings. The number of hydrogen-bond acceptors (Lipinski definition) is 6. The Balaban J connectivity index is 2.20. The number of methoxy groups -OCH3 is 1.